The monoisotopic (exact) mass is 450 g/mol. The fourth-order valence-electron chi connectivity index (χ4n) is 3.74. The van der Waals surface area contributed by atoms with E-state index in [1.165, 1.54) is 11.3 Å². The summed E-state index contributed by atoms with van der Waals surface area (Å²) in [7, 11) is 0. The average molecular weight is 451 g/mol. The summed E-state index contributed by atoms with van der Waals surface area (Å²) in [5.41, 5.74) is 4.87. The number of rotatable bonds is 5. The Kier molecular flexibility index (Phi) is 6.45. The van der Waals surface area contributed by atoms with Crippen LogP contribution in [0.4, 0.5) is 5.00 Å². The van der Waals surface area contributed by atoms with Crippen LogP contribution in [0.5, 0.6) is 0 Å². The Hall–Kier alpha value is -3.33. The molecule has 1 fully saturated rings. The summed E-state index contributed by atoms with van der Waals surface area (Å²) < 4.78 is 0. The molecular formula is C23H26N6O2S. The van der Waals surface area contributed by atoms with Crippen LogP contribution in [0, 0.1) is 13.8 Å². The van der Waals surface area contributed by atoms with Gasteiger partial charge in [-0.3, -0.25) is 19.6 Å². The highest BCUT2D eigenvalue weighted by atomic mass is 32.1. The van der Waals surface area contributed by atoms with Crippen LogP contribution in [0.3, 0.4) is 0 Å². The van der Waals surface area contributed by atoms with Gasteiger partial charge in [0.25, 0.3) is 5.91 Å². The highest BCUT2D eigenvalue weighted by Gasteiger charge is 2.21. The molecule has 4 heterocycles. The van der Waals surface area contributed by atoms with E-state index in [0.717, 1.165) is 46.2 Å². The predicted molar refractivity (Wildman–Crippen MR) is 125 cm³/mol. The third-order valence-corrected chi connectivity index (χ3v) is 6.54. The second kappa shape index (κ2) is 9.44. The Morgan fingerprint density at radius 2 is 1.84 bits per heavy atom. The van der Waals surface area contributed by atoms with E-state index in [0.29, 0.717) is 24.6 Å². The fraction of sp³-hybridized carbons (Fsp3) is 0.348. The van der Waals surface area contributed by atoms with E-state index in [4.69, 9.17) is 0 Å². The molecule has 0 spiro atoms. The van der Waals surface area contributed by atoms with Crippen LogP contribution >= 0.6 is 11.3 Å². The summed E-state index contributed by atoms with van der Waals surface area (Å²) in [6.07, 6.45) is 5.31. The summed E-state index contributed by atoms with van der Waals surface area (Å²) in [6.45, 7) is 8.83. The Bertz CT molecular complexity index is 1140. The zero-order chi connectivity index (χ0) is 22.7. The summed E-state index contributed by atoms with van der Waals surface area (Å²) in [5.74, 6) is -0.0993. The fourth-order valence-corrected chi connectivity index (χ4v) is 4.63. The third-order valence-electron chi connectivity index (χ3n) is 5.48. The predicted octanol–water partition coefficient (Wildman–Crippen LogP) is 2.82. The van der Waals surface area contributed by atoms with Crippen molar-refractivity contribution in [2.75, 3.05) is 31.1 Å². The van der Waals surface area contributed by atoms with E-state index >= 15 is 0 Å². The smallest absolute Gasteiger partial charge is 0.280 e. The number of hydrogen-bond donors (Lipinski definition) is 1. The topological polar surface area (TPSA) is 91.3 Å². The highest BCUT2D eigenvalue weighted by Crippen LogP contribution is 2.25. The number of aromatic nitrogens is 3. The van der Waals surface area contributed by atoms with E-state index in [2.05, 4.69) is 25.2 Å². The molecule has 1 aliphatic heterocycles. The lowest BCUT2D eigenvalue weighted by Crippen LogP contribution is -2.47. The van der Waals surface area contributed by atoms with Crippen LogP contribution in [0.25, 0.3) is 11.3 Å². The van der Waals surface area contributed by atoms with Gasteiger partial charge in [0, 0.05) is 63.3 Å². The second-order valence-electron chi connectivity index (χ2n) is 7.87. The van der Waals surface area contributed by atoms with Crippen LogP contribution in [0.2, 0.25) is 0 Å². The second-order valence-corrected chi connectivity index (χ2v) is 8.88. The maximum Gasteiger partial charge on any atom is 0.280 e. The molecule has 166 valence electrons. The SMILES string of the molecule is CC(=O)N1CCN(c2cnc(C(=O)NCc3cnc(-c4ccnc(C)c4)c(C)c3)s2)CC1. The molecule has 3 aromatic rings. The van der Waals surface area contributed by atoms with Crippen molar-refractivity contribution in [1.29, 1.82) is 0 Å². The number of aryl methyl sites for hydroxylation is 2. The van der Waals surface area contributed by atoms with E-state index in [9.17, 15) is 9.59 Å². The molecule has 32 heavy (non-hydrogen) atoms. The minimum absolute atomic E-state index is 0.0997. The number of carbonyl (C=O) groups is 2. The van der Waals surface area contributed by atoms with Crippen LogP contribution in [-0.2, 0) is 11.3 Å². The molecule has 0 bridgehead atoms. The van der Waals surface area contributed by atoms with Crippen molar-refractivity contribution in [3.8, 4) is 11.3 Å². The minimum atomic E-state index is -0.199. The molecule has 1 saturated heterocycles. The van der Waals surface area contributed by atoms with Crippen LogP contribution in [0.15, 0.2) is 36.8 Å². The lowest BCUT2D eigenvalue weighted by molar-refractivity contribution is -0.129. The number of nitrogens with one attached hydrogen (secondary N) is 1. The molecular weight excluding hydrogens is 424 g/mol. The first-order valence-electron chi connectivity index (χ1n) is 10.5. The van der Waals surface area contributed by atoms with Gasteiger partial charge in [0.1, 0.15) is 5.00 Å². The van der Waals surface area contributed by atoms with Crippen LogP contribution in [-0.4, -0.2) is 57.8 Å². The number of pyridine rings is 2. The normalized spacial score (nSPS) is 13.8. The molecule has 0 aliphatic carbocycles. The van der Waals surface area contributed by atoms with Crippen molar-refractivity contribution in [1.82, 2.24) is 25.2 Å². The van der Waals surface area contributed by atoms with Gasteiger partial charge in [-0.25, -0.2) is 4.98 Å². The van der Waals surface area contributed by atoms with E-state index in [-0.39, 0.29) is 11.8 Å². The number of thiazole rings is 1. The van der Waals surface area contributed by atoms with Gasteiger partial charge in [0.05, 0.1) is 11.9 Å². The van der Waals surface area contributed by atoms with Crippen molar-refractivity contribution < 1.29 is 9.59 Å². The molecule has 0 aromatic carbocycles. The number of amides is 2. The molecule has 3 aromatic heterocycles. The van der Waals surface area contributed by atoms with Gasteiger partial charge in [-0.2, -0.15) is 0 Å². The molecule has 1 aliphatic rings. The molecule has 1 N–H and O–H groups in total. The highest BCUT2D eigenvalue weighted by molar-refractivity contribution is 7.17. The Labute approximate surface area is 191 Å². The molecule has 8 nitrogen and oxygen atoms in total. The summed E-state index contributed by atoms with van der Waals surface area (Å²) in [6, 6.07) is 6.00. The van der Waals surface area contributed by atoms with Crippen molar-refractivity contribution >= 4 is 28.2 Å². The Morgan fingerprint density at radius 1 is 1.06 bits per heavy atom. The van der Waals surface area contributed by atoms with Gasteiger partial charge < -0.3 is 15.1 Å². The van der Waals surface area contributed by atoms with Gasteiger partial charge in [0.2, 0.25) is 5.91 Å². The van der Waals surface area contributed by atoms with Crippen molar-refractivity contribution in [2.24, 2.45) is 0 Å². The number of anilines is 1. The number of nitrogens with zero attached hydrogens (tertiary/aromatic N) is 5. The third kappa shape index (κ3) is 4.94. The van der Waals surface area contributed by atoms with Gasteiger partial charge in [-0.05, 0) is 37.1 Å². The van der Waals surface area contributed by atoms with Crippen molar-refractivity contribution in [3.63, 3.8) is 0 Å². The summed E-state index contributed by atoms with van der Waals surface area (Å²) >= 11 is 1.37. The largest absolute Gasteiger partial charge is 0.359 e. The van der Waals surface area contributed by atoms with E-state index in [1.807, 2.05) is 36.9 Å². The number of piperazine rings is 1. The van der Waals surface area contributed by atoms with Gasteiger partial charge in [-0.15, -0.1) is 0 Å². The lowest BCUT2D eigenvalue weighted by Gasteiger charge is -2.34. The van der Waals surface area contributed by atoms with E-state index < -0.39 is 0 Å². The Morgan fingerprint density at radius 3 is 2.53 bits per heavy atom. The quantitative estimate of drug-likeness (QED) is 0.643. The first-order chi connectivity index (χ1) is 15.4. The molecule has 9 heteroatoms. The summed E-state index contributed by atoms with van der Waals surface area (Å²) in [4.78, 5) is 41.2. The van der Waals surface area contributed by atoms with Crippen LogP contribution in [0.1, 0.15) is 33.5 Å². The number of carbonyl (C=O) groups excluding carboxylic acids is 2. The molecule has 0 saturated carbocycles. The van der Waals surface area contributed by atoms with Crippen molar-refractivity contribution in [2.45, 2.75) is 27.3 Å². The minimum Gasteiger partial charge on any atom is -0.359 e. The van der Waals surface area contributed by atoms with E-state index in [1.54, 1.807) is 25.5 Å². The first-order valence-corrected chi connectivity index (χ1v) is 11.4. The average Bonchev–Trinajstić information content (AvgIpc) is 3.28. The number of hydrogen-bond acceptors (Lipinski definition) is 7. The molecule has 0 radical (unpaired) electrons. The standard InChI is InChI=1S/C23H26N6O2S/c1-15-10-18(12-25-21(15)19-4-5-24-16(2)11-19)13-26-22(31)23-27-14-20(32-23)29-8-6-28(7-9-29)17(3)30/h4-5,10-12,14H,6-9,13H2,1-3H3,(H,26,31). The molecule has 4 rings (SSSR count). The maximum atomic E-state index is 12.6. The van der Waals surface area contributed by atoms with Crippen LogP contribution < -0.4 is 10.2 Å². The molecule has 0 atom stereocenters. The molecule has 2 amide bonds. The Balaban J connectivity index is 1.35. The summed E-state index contributed by atoms with van der Waals surface area (Å²) in [5, 5.41) is 4.32. The van der Waals surface area contributed by atoms with Gasteiger partial charge in [0.15, 0.2) is 5.01 Å². The zero-order valence-corrected chi connectivity index (χ0v) is 19.3. The maximum absolute atomic E-state index is 12.6. The lowest BCUT2D eigenvalue weighted by atomic mass is 10.1. The zero-order valence-electron chi connectivity index (χ0n) is 18.5. The van der Waals surface area contributed by atoms with Gasteiger partial charge in [-0.1, -0.05) is 17.4 Å². The van der Waals surface area contributed by atoms with Crippen molar-refractivity contribution in [3.05, 3.63) is 58.6 Å². The van der Waals surface area contributed by atoms with Gasteiger partial charge >= 0.3 is 0 Å². The first kappa shape index (κ1) is 21.9. The molecule has 0 unspecified atom stereocenters.